The summed E-state index contributed by atoms with van der Waals surface area (Å²) in [5.74, 6) is 0. The predicted molar refractivity (Wildman–Crippen MR) is 48.0 cm³/mol. The topological polar surface area (TPSA) is 86.3 Å². The molecule has 6 nitrogen and oxygen atoms in total. The molecule has 0 aromatic heterocycles. The maximum Gasteiger partial charge on any atom is 0.310 e. The first-order valence-corrected chi connectivity index (χ1v) is 4.05. The van der Waals surface area contributed by atoms with Crippen molar-refractivity contribution in [2.75, 3.05) is 0 Å². The number of hydrogen-bond donors (Lipinski definition) is 0. The van der Waals surface area contributed by atoms with Crippen LogP contribution in [-0.2, 0) is 0 Å². The van der Waals surface area contributed by atoms with Gasteiger partial charge in [-0.3, -0.25) is 20.2 Å². The fraction of sp³-hybridized carbons (Fsp3) is 0. The smallest absolute Gasteiger partial charge is 0.258 e. The summed E-state index contributed by atoms with van der Waals surface area (Å²) in [6.45, 7) is 0. The lowest BCUT2D eigenvalue weighted by Gasteiger charge is -1.84. The highest BCUT2D eigenvalue weighted by Crippen LogP contribution is 2.09. The Bertz CT molecular complexity index is 244. The number of hydrogen-bond acceptors (Lipinski definition) is 4. The van der Waals surface area contributed by atoms with Crippen LogP contribution in [0.2, 0.25) is 0 Å². The molecule has 0 N–H and O–H groups in total. The maximum absolute atomic E-state index is 9.96. The van der Waals surface area contributed by atoms with E-state index in [0.717, 1.165) is 12.2 Å². The van der Waals surface area contributed by atoms with E-state index >= 15 is 0 Å². The first-order chi connectivity index (χ1) is 5.45. The van der Waals surface area contributed by atoms with Crippen molar-refractivity contribution >= 4 is 31.9 Å². The van der Waals surface area contributed by atoms with Crippen LogP contribution < -0.4 is 0 Å². The number of rotatable bonds is 3. The minimum absolute atomic E-state index is 0.346. The second kappa shape index (κ2) is 4.99. The van der Waals surface area contributed by atoms with E-state index in [2.05, 4.69) is 31.9 Å². The second-order valence-electron chi connectivity index (χ2n) is 1.49. The minimum atomic E-state index is -0.712. The zero-order valence-electron chi connectivity index (χ0n) is 5.44. The molecule has 0 aromatic carbocycles. The van der Waals surface area contributed by atoms with Crippen molar-refractivity contribution < 1.29 is 9.85 Å². The fourth-order valence-electron chi connectivity index (χ4n) is 0.259. The Kier molecular flexibility index (Phi) is 4.67. The molecule has 0 fully saturated rings. The van der Waals surface area contributed by atoms with E-state index in [1.807, 2.05) is 0 Å². The molecule has 0 aromatic rings. The van der Waals surface area contributed by atoms with Crippen LogP contribution in [0.15, 0.2) is 21.4 Å². The lowest BCUT2D eigenvalue weighted by molar-refractivity contribution is -0.411. The molecule has 0 atom stereocenters. The molecule has 66 valence electrons. The van der Waals surface area contributed by atoms with E-state index in [0.29, 0.717) is 0 Å². The molecule has 0 radical (unpaired) electrons. The Morgan fingerprint density at radius 1 is 1.00 bits per heavy atom. The lowest BCUT2D eigenvalue weighted by Crippen LogP contribution is -1.91. The van der Waals surface area contributed by atoms with Gasteiger partial charge in [0, 0.05) is 44.0 Å². The predicted octanol–water partition coefficient (Wildman–Crippen LogP) is 2.01. The zero-order chi connectivity index (χ0) is 9.72. The standard InChI is InChI=1S/C4H2Br2N2O4/c5-3(7(9)10)1-2-4(6)8(11)12/h1-2H/b3-1+,4-2+. The van der Waals surface area contributed by atoms with Gasteiger partial charge in [-0.1, -0.05) is 0 Å². The van der Waals surface area contributed by atoms with Gasteiger partial charge in [0.25, 0.3) is 0 Å². The first kappa shape index (κ1) is 11.2. The Morgan fingerprint density at radius 2 is 1.25 bits per heavy atom. The van der Waals surface area contributed by atoms with Crippen molar-refractivity contribution in [2.45, 2.75) is 0 Å². The molecule has 0 spiro atoms. The van der Waals surface area contributed by atoms with Crippen LogP contribution in [-0.4, -0.2) is 9.85 Å². The van der Waals surface area contributed by atoms with Gasteiger partial charge in [0.15, 0.2) is 0 Å². The van der Waals surface area contributed by atoms with Gasteiger partial charge in [0.1, 0.15) is 0 Å². The highest BCUT2D eigenvalue weighted by Gasteiger charge is 2.06. The van der Waals surface area contributed by atoms with E-state index in [9.17, 15) is 20.2 Å². The molecule has 0 aliphatic rings. The molecule has 0 aliphatic carbocycles. The van der Waals surface area contributed by atoms with Crippen LogP contribution >= 0.6 is 31.9 Å². The lowest BCUT2D eigenvalue weighted by atomic mass is 10.6. The summed E-state index contributed by atoms with van der Waals surface area (Å²) in [7, 11) is 0. The number of nitrogens with zero attached hydrogens (tertiary/aromatic N) is 2. The Balaban J connectivity index is 4.48. The van der Waals surface area contributed by atoms with E-state index in [1.165, 1.54) is 0 Å². The second-order valence-corrected chi connectivity index (χ2v) is 3.12. The van der Waals surface area contributed by atoms with Gasteiger partial charge in [-0.15, -0.1) is 0 Å². The summed E-state index contributed by atoms with van der Waals surface area (Å²) in [5.41, 5.74) is 0. The molecule has 0 saturated heterocycles. The summed E-state index contributed by atoms with van der Waals surface area (Å²) >= 11 is 5.19. The van der Waals surface area contributed by atoms with Crippen LogP contribution in [0.25, 0.3) is 0 Å². The molecular formula is C4H2Br2N2O4. The molecular weight excluding hydrogens is 300 g/mol. The largest absolute Gasteiger partial charge is 0.310 e. The third-order valence-corrected chi connectivity index (χ3v) is 1.82. The summed E-state index contributed by atoms with van der Waals surface area (Å²) < 4.78 is -0.692. The Labute approximate surface area is 83.5 Å². The number of nitro groups is 2. The molecule has 0 amide bonds. The van der Waals surface area contributed by atoms with Crippen LogP contribution in [0.3, 0.4) is 0 Å². The quantitative estimate of drug-likeness (QED) is 0.345. The number of halogens is 2. The molecule has 12 heavy (non-hydrogen) atoms. The summed E-state index contributed by atoms with van der Waals surface area (Å²) in [6, 6.07) is 0. The van der Waals surface area contributed by atoms with Crippen molar-refractivity contribution in [1.29, 1.82) is 0 Å². The van der Waals surface area contributed by atoms with Gasteiger partial charge in [0.05, 0.1) is 9.85 Å². The van der Waals surface area contributed by atoms with Gasteiger partial charge >= 0.3 is 9.21 Å². The average Bonchev–Trinajstić information content (AvgIpc) is 1.98. The van der Waals surface area contributed by atoms with E-state index in [4.69, 9.17) is 0 Å². The molecule has 0 heterocycles. The van der Waals surface area contributed by atoms with Crippen LogP contribution in [0.4, 0.5) is 0 Å². The van der Waals surface area contributed by atoms with Crippen LogP contribution in [0, 0.1) is 20.2 Å². The van der Waals surface area contributed by atoms with Crippen molar-refractivity contribution in [3.8, 4) is 0 Å². The molecule has 0 saturated carbocycles. The zero-order valence-corrected chi connectivity index (χ0v) is 8.61. The normalized spacial score (nSPS) is 12.8. The fourth-order valence-corrected chi connectivity index (χ4v) is 0.524. The molecule has 0 rings (SSSR count). The monoisotopic (exact) mass is 300 g/mol. The highest BCUT2D eigenvalue weighted by atomic mass is 79.9. The summed E-state index contributed by atoms with van der Waals surface area (Å²) in [4.78, 5) is 18.5. The molecule has 0 bridgehead atoms. The SMILES string of the molecule is O=[N+]([O-])/C(Br)=C/C=C(\Br)[N+](=O)[O-]. The maximum atomic E-state index is 9.96. The van der Waals surface area contributed by atoms with Gasteiger partial charge in [-0.05, 0) is 0 Å². The summed E-state index contributed by atoms with van der Waals surface area (Å²) in [6.07, 6.45) is 1.93. The highest BCUT2D eigenvalue weighted by molar-refractivity contribution is 9.11. The van der Waals surface area contributed by atoms with E-state index in [1.54, 1.807) is 0 Å². The third kappa shape index (κ3) is 4.19. The average molecular weight is 302 g/mol. The summed E-state index contributed by atoms with van der Waals surface area (Å²) in [5, 5.41) is 19.9. The van der Waals surface area contributed by atoms with Gasteiger partial charge < -0.3 is 0 Å². The molecule has 8 heteroatoms. The minimum Gasteiger partial charge on any atom is -0.258 e. The Hall–Kier alpha value is -0.760. The van der Waals surface area contributed by atoms with Crippen molar-refractivity contribution in [3.63, 3.8) is 0 Å². The molecule has 0 aliphatic heterocycles. The number of allylic oxidation sites excluding steroid dienone is 2. The Morgan fingerprint density at radius 3 is 1.42 bits per heavy atom. The first-order valence-electron chi connectivity index (χ1n) is 2.47. The van der Waals surface area contributed by atoms with Gasteiger partial charge in [-0.25, -0.2) is 0 Å². The van der Waals surface area contributed by atoms with Gasteiger partial charge in [0.2, 0.25) is 0 Å². The van der Waals surface area contributed by atoms with Crippen molar-refractivity contribution in [2.24, 2.45) is 0 Å². The molecule has 0 unspecified atom stereocenters. The van der Waals surface area contributed by atoms with Crippen LogP contribution in [0.1, 0.15) is 0 Å². The van der Waals surface area contributed by atoms with Crippen molar-refractivity contribution in [3.05, 3.63) is 41.6 Å². The van der Waals surface area contributed by atoms with Gasteiger partial charge in [-0.2, -0.15) is 0 Å². The van der Waals surface area contributed by atoms with Crippen LogP contribution in [0.5, 0.6) is 0 Å². The third-order valence-electron chi connectivity index (χ3n) is 0.707. The van der Waals surface area contributed by atoms with E-state index < -0.39 is 9.85 Å². The van der Waals surface area contributed by atoms with Crippen molar-refractivity contribution in [1.82, 2.24) is 0 Å². The van der Waals surface area contributed by atoms with E-state index in [-0.39, 0.29) is 9.21 Å².